The first kappa shape index (κ1) is 29.9. The first-order chi connectivity index (χ1) is 19.9. The Morgan fingerprint density at radius 1 is 1.14 bits per heavy atom. The van der Waals surface area contributed by atoms with Crippen molar-refractivity contribution >= 4 is 22.8 Å². The molecule has 0 unspecified atom stereocenters. The molecule has 0 bridgehead atoms. The van der Waals surface area contributed by atoms with Crippen LogP contribution in [0.3, 0.4) is 0 Å². The van der Waals surface area contributed by atoms with Crippen molar-refractivity contribution in [3.8, 4) is 0 Å². The molecule has 5 rings (SSSR count). The monoisotopic (exact) mass is 595 g/mol. The summed E-state index contributed by atoms with van der Waals surface area (Å²) in [6.45, 7) is 2.25. The van der Waals surface area contributed by atoms with Crippen LogP contribution < -0.4 is 10.6 Å². The van der Waals surface area contributed by atoms with E-state index in [0.717, 1.165) is 19.3 Å². The maximum absolute atomic E-state index is 14.0. The Morgan fingerprint density at radius 3 is 2.55 bits per heavy atom. The first-order valence-electron chi connectivity index (χ1n) is 14.3. The van der Waals surface area contributed by atoms with Crippen LogP contribution in [0.5, 0.6) is 0 Å². The zero-order chi connectivity index (χ0) is 30.1. The molecular formula is C28H34F5N7O2. The quantitative estimate of drug-likeness (QED) is 0.257. The minimum absolute atomic E-state index is 0.195. The Kier molecular flexibility index (Phi) is 8.51. The third-order valence-corrected chi connectivity index (χ3v) is 8.36. The second kappa shape index (κ2) is 12.0. The number of hydrogen-bond acceptors (Lipinski definition) is 5. The second-order valence-corrected chi connectivity index (χ2v) is 11.5. The normalized spacial score (nSPS) is 19.3. The van der Waals surface area contributed by atoms with Crippen molar-refractivity contribution in [1.29, 1.82) is 0 Å². The van der Waals surface area contributed by atoms with Gasteiger partial charge in [0.1, 0.15) is 11.5 Å². The van der Waals surface area contributed by atoms with E-state index in [0.29, 0.717) is 40.6 Å². The number of H-pyrrole nitrogens is 1. The summed E-state index contributed by atoms with van der Waals surface area (Å²) in [5.74, 6) is -3.33. The molecule has 2 fully saturated rings. The standard InChI is InChI=1S/C28H34F5N7O2/c1-16(35-23(41)9-12-28(31,32)33)19-5-6-20-21(13-19)37-25(36-20)24(18-7-10-27(29,30)11-8-18)38-26(42)22-14-34-39-40(22)15-17-3-2-4-17/h5-6,13-14,16-18,24H,2-4,7-12,15H2,1H3,(H,35,41)(H,36,37)(H,38,42)/t16-,24+/m1/s1. The number of carbonyl (C=O) groups is 2. The fraction of sp³-hybridized carbons (Fsp3) is 0.607. The van der Waals surface area contributed by atoms with E-state index in [-0.39, 0.29) is 31.6 Å². The molecule has 2 amide bonds. The average molecular weight is 596 g/mol. The maximum Gasteiger partial charge on any atom is 0.389 e. The molecule has 14 heteroatoms. The average Bonchev–Trinajstić information content (AvgIpc) is 3.54. The van der Waals surface area contributed by atoms with E-state index in [1.807, 2.05) is 0 Å². The number of rotatable bonds is 10. The number of halogens is 5. The van der Waals surface area contributed by atoms with Crippen LogP contribution in [-0.4, -0.2) is 48.9 Å². The van der Waals surface area contributed by atoms with Crippen LogP contribution in [0.25, 0.3) is 11.0 Å². The lowest BCUT2D eigenvalue weighted by atomic mass is 9.81. The lowest BCUT2D eigenvalue weighted by molar-refractivity contribution is -0.144. The molecule has 0 spiro atoms. The molecule has 2 heterocycles. The summed E-state index contributed by atoms with van der Waals surface area (Å²) < 4.78 is 67.0. The van der Waals surface area contributed by atoms with Crippen LogP contribution in [0.2, 0.25) is 0 Å². The zero-order valence-electron chi connectivity index (χ0n) is 23.2. The number of carbonyl (C=O) groups excluding carboxylic acids is 2. The van der Waals surface area contributed by atoms with Gasteiger partial charge in [-0.1, -0.05) is 17.7 Å². The van der Waals surface area contributed by atoms with Gasteiger partial charge in [-0.2, -0.15) is 13.2 Å². The topological polar surface area (TPSA) is 118 Å². The molecule has 2 aromatic heterocycles. The molecule has 2 aliphatic rings. The van der Waals surface area contributed by atoms with Crippen molar-refractivity contribution in [2.75, 3.05) is 0 Å². The van der Waals surface area contributed by atoms with Gasteiger partial charge >= 0.3 is 6.18 Å². The van der Waals surface area contributed by atoms with E-state index in [2.05, 4.69) is 30.9 Å². The zero-order valence-corrected chi connectivity index (χ0v) is 23.2. The molecule has 1 aromatic carbocycles. The highest BCUT2D eigenvalue weighted by atomic mass is 19.4. The van der Waals surface area contributed by atoms with Gasteiger partial charge in [-0.3, -0.25) is 9.59 Å². The summed E-state index contributed by atoms with van der Waals surface area (Å²) in [5, 5.41) is 13.6. The fourth-order valence-electron chi connectivity index (χ4n) is 5.62. The number of nitrogens with one attached hydrogen (secondary N) is 3. The van der Waals surface area contributed by atoms with Gasteiger partial charge in [-0.05, 0) is 62.1 Å². The summed E-state index contributed by atoms with van der Waals surface area (Å²) in [6, 6.07) is 3.89. The van der Waals surface area contributed by atoms with Crippen LogP contribution in [0.1, 0.15) is 98.7 Å². The number of benzene rings is 1. The molecule has 0 aliphatic heterocycles. The van der Waals surface area contributed by atoms with E-state index in [9.17, 15) is 31.5 Å². The van der Waals surface area contributed by atoms with Crippen molar-refractivity contribution in [3.05, 3.63) is 41.5 Å². The molecule has 2 atom stereocenters. The molecule has 2 aliphatic carbocycles. The molecule has 0 saturated heterocycles. The van der Waals surface area contributed by atoms with Crippen LogP contribution in [-0.2, 0) is 11.3 Å². The van der Waals surface area contributed by atoms with E-state index in [1.165, 1.54) is 6.20 Å². The number of aromatic amines is 1. The van der Waals surface area contributed by atoms with Crippen LogP contribution in [0, 0.1) is 11.8 Å². The summed E-state index contributed by atoms with van der Waals surface area (Å²) in [4.78, 5) is 33.3. The van der Waals surface area contributed by atoms with Gasteiger partial charge in [0, 0.05) is 25.8 Å². The van der Waals surface area contributed by atoms with E-state index in [4.69, 9.17) is 0 Å². The molecule has 42 heavy (non-hydrogen) atoms. The Bertz CT molecular complexity index is 1410. The van der Waals surface area contributed by atoms with E-state index < -0.39 is 48.8 Å². The predicted octanol–water partition coefficient (Wildman–Crippen LogP) is 5.77. The smallest absolute Gasteiger partial charge is 0.350 e. The fourth-order valence-corrected chi connectivity index (χ4v) is 5.62. The predicted molar refractivity (Wildman–Crippen MR) is 142 cm³/mol. The molecular weight excluding hydrogens is 561 g/mol. The van der Waals surface area contributed by atoms with Gasteiger partial charge in [-0.25, -0.2) is 18.4 Å². The molecule has 228 valence electrons. The third kappa shape index (κ3) is 7.24. The van der Waals surface area contributed by atoms with Gasteiger partial charge in [0.05, 0.1) is 35.7 Å². The van der Waals surface area contributed by atoms with Gasteiger partial charge in [0.2, 0.25) is 11.8 Å². The Balaban J connectivity index is 1.35. The van der Waals surface area contributed by atoms with Gasteiger partial charge in [0.15, 0.2) is 0 Å². The number of alkyl halides is 5. The molecule has 3 aromatic rings. The van der Waals surface area contributed by atoms with Crippen molar-refractivity contribution in [2.45, 2.75) is 95.4 Å². The SMILES string of the molecule is C[C@@H](NC(=O)CCC(F)(F)F)c1ccc2nc([C@@H](NC(=O)c3cnnn3CC3CCC3)C3CCC(F)(F)CC3)[nH]c2c1. The molecule has 2 saturated carbocycles. The number of hydrogen-bond donors (Lipinski definition) is 3. The number of fused-ring (bicyclic) bond motifs is 1. The summed E-state index contributed by atoms with van der Waals surface area (Å²) in [7, 11) is 0. The van der Waals surface area contributed by atoms with Gasteiger partial charge in [0.25, 0.3) is 5.91 Å². The highest BCUT2D eigenvalue weighted by molar-refractivity contribution is 5.92. The first-order valence-corrected chi connectivity index (χ1v) is 14.3. The van der Waals surface area contributed by atoms with Crippen molar-refractivity contribution in [1.82, 2.24) is 35.6 Å². The summed E-state index contributed by atoms with van der Waals surface area (Å²) in [5.41, 5.74) is 2.07. The van der Waals surface area contributed by atoms with Crippen molar-refractivity contribution in [2.24, 2.45) is 11.8 Å². The minimum Gasteiger partial charge on any atom is -0.350 e. The van der Waals surface area contributed by atoms with E-state index in [1.54, 1.807) is 29.8 Å². The molecule has 9 nitrogen and oxygen atoms in total. The molecule has 3 N–H and O–H groups in total. The Morgan fingerprint density at radius 2 is 1.88 bits per heavy atom. The summed E-state index contributed by atoms with van der Waals surface area (Å²) in [6.07, 6.45) is -1.80. The number of imidazole rings is 1. The highest BCUT2D eigenvalue weighted by Crippen LogP contribution is 2.41. The lowest BCUT2D eigenvalue weighted by Crippen LogP contribution is -2.38. The lowest BCUT2D eigenvalue weighted by Gasteiger charge is -2.33. The second-order valence-electron chi connectivity index (χ2n) is 11.5. The van der Waals surface area contributed by atoms with Crippen LogP contribution >= 0.6 is 0 Å². The largest absolute Gasteiger partial charge is 0.389 e. The van der Waals surface area contributed by atoms with E-state index >= 15 is 0 Å². The molecule has 0 radical (unpaired) electrons. The van der Waals surface area contributed by atoms with Gasteiger partial charge < -0.3 is 15.6 Å². The van der Waals surface area contributed by atoms with Crippen LogP contribution in [0.4, 0.5) is 22.0 Å². The summed E-state index contributed by atoms with van der Waals surface area (Å²) >= 11 is 0. The van der Waals surface area contributed by atoms with Crippen molar-refractivity contribution < 1.29 is 31.5 Å². The van der Waals surface area contributed by atoms with Gasteiger partial charge in [-0.15, -0.1) is 5.10 Å². The Labute approximate surface area is 239 Å². The van der Waals surface area contributed by atoms with Crippen molar-refractivity contribution in [3.63, 3.8) is 0 Å². The Hall–Kier alpha value is -3.58. The van der Waals surface area contributed by atoms with Crippen LogP contribution in [0.15, 0.2) is 24.4 Å². The number of nitrogens with zero attached hydrogens (tertiary/aromatic N) is 4. The highest BCUT2D eigenvalue weighted by Gasteiger charge is 2.40. The minimum atomic E-state index is -4.42. The number of aromatic nitrogens is 5. The third-order valence-electron chi connectivity index (χ3n) is 8.36. The number of amides is 2. The maximum atomic E-state index is 14.0.